The summed E-state index contributed by atoms with van der Waals surface area (Å²) in [6, 6.07) is 10.7. The molecular weight excluding hydrogens is 390 g/mol. The number of hydrogen-bond donors (Lipinski definition) is 1. The van der Waals surface area contributed by atoms with Gasteiger partial charge in [0, 0.05) is 21.9 Å². The predicted octanol–water partition coefficient (Wildman–Crippen LogP) is 5.30. The van der Waals surface area contributed by atoms with Crippen molar-refractivity contribution in [1.82, 2.24) is 10.3 Å². The highest BCUT2D eigenvalue weighted by Gasteiger charge is 2.12. The normalized spacial score (nSPS) is 10.8. The molecule has 1 heterocycles. The maximum atomic E-state index is 13.6. The van der Waals surface area contributed by atoms with E-state index in [2.05, 4.69) is 10.3 Å². The largest absolute Gasteiger partial charge is 0.350 e. The van der Waals surface area contributed by atoms with Crippen molar-refractivity contribution in [1.29, 1.82) is 0 Å². The molecule has 0 aliphatic heterocycles. The summed E-state index contributed by atoms with van der Waals surface area (Å²) in [4.78, 5) is 17.6. The van der Waals surface area contributed by atoms with E-state index in [-0.39, 0.29) is 24.3 Å². The molecule has 0 saturated carbocycles. The van der Waals surface area contributed by atoms with Crippen molar-refractivity contribution in [3.8, 4) is 11.3 Å². The second-order valence-corrected chi connectivity index (χ2v) is 7.76. The van der Waals surface area contributed by atoms with E-state index in [0.29, 0.717) is 11.6 Å². The number of halogens is 3. The van der Waals surface area contributed by atoms with Gasteiger partial charge >= 0.3 is 0 Å². The summed E-state index contributed by atoms with van der Waals surface area (Å²) < 4.78 is 26.8. The van der Waals surface area contributed by atoms with Crippen LogP contribution in [0.4, 0.5) is 8.78 Å². The van der Waals surface area contributed by atoms with Crippen molar-refractivity contribution in [3.63, 3.8) is 0 Å². The molecule has 3 nitrogen and oxygen atoms in total. The Labute approximate surface area is 165 Å². The SMILES string of the molecule is Cc1sc(CNC(=O)CCc2cc(F)ccc2F)nc1-c1ccc(Cl)cc1. The number of rotatable bonds is 6. The lowest BCUT2D eigenvalue weighted by atomic mass is 10.1. The van der Waals surface area contributed by atoms with Crippen LogP contribution in [0, 0.1) is 18.6 Å². The van der Waals surface area contributed by atoms with Gasteiger partial charge in [-0.25, -0.2) is 13.8 Å². The molecule has 140 valence electrons. The molecule has 0 aliphatic carbocycles. The molecule has 0 atom stereocenters. The number of amides is 1. The van der Waals surface area contributed by atoms with Gasteiger partial charge in [-0.1, -0.05) is 23.7 Å². The number of thiazole rings is 1. The van der Waals surface area contributed by atoms with Gasteiger partial charge in [-0.3, -0.25) is 4.79 Å². The van der Waals surface area contributed by atoms with Gasteiger partial charge in [0.25, 0.3) is 0 Å². The van der Waals surface area contributed by atoms with Crippen LogP contribution in [0.15, 0.2) is 42.5 Å². The number of nitrogens with zero attached hydrogens (tertiary/aromatic N) is 1. The van der Waals surface area contributed by atoms with Gasteiger partial charge in [0.05, 0.1) is 12.2 Å². The molecule has 0 radical (unpaired) electrons. The van der Waals surface area contributed by atoms with E-state index in [9.17, 15) is 13.6 Å². The zero-order valence-electron chi connectivity index (χ0n) is 14.6. The molecule has 0 saturated heterocycles. The van der Waals surface area contributed by atoms with Crippen LogP contribution in [0.3, 0.4) is 0 Å². The molecule has 0 spiro atoms. The summed E-state index contributed by atoms with van der Waals surface area (Å²) in [7, 11) is 0. The third-order valence-corrected chi connectivity index (χ3v) is 5.25. The highest BCUT2D eigenvalue weighted by Crippen LogP contribution is 2.28. The first kappa shape index (κ1) is 19.5. The fraction of sp³-hybridized carbons (Fsp3) is 0.200. The molecule has 2 aromatic carbocycles. The van der Waals surface area contributed by atoms with Crippen molar-refractivity contribution in [2.24, 2.45) is 0 Å². The first-order valence-corrected chi connectivity index (χ1v) is 9.54. The predicted molar refractivity (Wildman–Crippen MR) is 104 cm³/mol. The molecule has 0 fully saturated rings. The standard InChI is InChI=1S/C20H17ClF2N2OS/c1-12-20(13-2-5-15(21)6-3-13)25-19(27-12)11-24-18(26)9-4-14-10-16(22)7-8-17(14)23/h2-3,5-8,10H,4,9,11H2,1H3,(H,24,26). The lowest BCUT2D eigenvalue weighted by Gasteiger charge is -2.05. The van der Waals surface area contributed by atoms with Crippen LogP contribution in [0.25, 0.3) is 11.3 Å². The molecule has 0 unspecified atom stereocenters. The van der Waals surface area contributed by atoms with Gasteiger partial charge in [0.2, 0.25) is 5.91 Å². The molecule has 0 aliphatic rings. The summed E-state index contributed by atoms with van der Waals surface area (Å²) in [5, 5.41) is 4.22. The van der Waals surface area contributed by atoms with Crippen molar-refractivity contribution >= 4 is 28.8 Å². The van der Waals surface area contributed by atoms with Gasteiger partial charge in [-0.2, -0.15) is 0 Å². The minimum Gasteiger partial charge on any atom is -0.350 e. The zero-order chi connectivity index (χ0) is 19.4. The lowest BCUT2D eigenvalue weighted by molar-refractivity contribution is -0.121. The monoisotopic (exact) mass is 406 g/mol. The van der Waals surface area contributed by atoms with E-state index in [1.54, 1.807) is 0 Å². The number of carbonyl (C=O) groups is 1. The molecule has 1 aromatic heterocycles. The van der Waals surface area contributed by atoms with Crippen LogP contribution < -0.4 is 5.32 Å². The summed E-state index contributed by atoms with van der Waals surface area (Å²) in [5.74, 6) is -1.26. The topological polar surface area (TPSA) is 42.0 Å². The van der Waals surface area contributed by atoms with E-state index < -0.39 is 11.6 Å². The Kier molecular flexibility index (Phi) is 6.19. The number of carbonyl (C=O) groups excluding carboxylic acids is 1. The summed E-state index contributed by atoms with van der Waals surface area (Å²) in [5.41, 5.74) is 2.02. The molecular formula is C20H17ClF2N2OS. The molecule has 1 N–H and O–H groups in total. The van der Waals surface area contributed by atoms with Crippen LogP contribution in [0.1, 0.15) is 21.9 Å². The fourth-order valence-corrected chi connectivity index (χ4v) is 3.67. The smallest absolute Gasteiger partial charge is 0.220 e. The van der Waals surface area contributed by atoms with Crippen molar-refractivity contribution < 1.29 is 13.6 Å². The second kappa shape index (κ2) is 8.59. The minimum atomic E-state index is -0.514. The van der Waals surface area contributed by atoms with Crippen LogP contribution in [0.2, 0.25) is 5.02 Å². The molecule has 1 amide bonds. The Morgan fingerprint density at radius 3 is 2.67 bits per heavy atom. The Morgan fingerprint density at radius 1 is 1.19 bits per heavy atom. The highest BCUT2D eigenvalue weighted by molar-refractivity contribution is 7.12. The number of nitrogens with one attached hydrogen (secondary N) is 1. The number of benzene rings is 2. The number of aromatic nitrogens is 1. The van der Waals surface area contributed by atoms with E-state index in [4.69, 9.17) is 11.6 Å². The van der Waals surface area contributed by atoms with Crippen LogP contribution in [-0.2, 0) is 17.8 Å². The molecule has 3 rings (SSSR count). The van der Waals surface area contributed by atoms with E-state index in [0.717, 1.165) is 39.3 Å². The molecule has 7 heteroatoms. The minimum absolute atomic E-state index is 0.0781. The summed E-state index contributed by atoms with van der Waals surface area (Å²) in [6.45, 7) is 2.27. The quantitative estimate of drug-likeness (QED) is 0.603. The van der Waals surface area contributed by atoms with E-state index in [1.807, 2.05) is 31.2 Å². The Hall–Kier alpha value is -2.31. The summed E-state index contributed by atoms with van der Waals surface area (Å²) >= 11 is 7.42. The number of hydrogen-bond acceptors (Lipinski definition) is 3. The first-order valence-electron chi connectivity index (χ1n) is 8.35. The zero-order valence-corrected chi connectivity index (χ0v) is 16.1. The highest BCUT2D eigenvalue weighted by atomic mass is 35.5. The lowest BCUT2D eigenvalue weighted by Crippen LogP contribution is -2.23. The third-order valence-electron chi connectivity index (χ3n) is 4.02. The Morgan fingerprint density at radius 2 is 1.93 bits per heavy atom. The Bertz CT molecular complexity index is 957. The fourth-order valence-electron chi connectivity index (χ4n) is 2.65. The average Bonchev–Trinajstić information content (AvgIpc) is 3.02. The van der Waals surface area contributed by atoms with Crippen LogP contribution >= 0.6 is 22.9 Å². The van der Waals surface area contributed by atoms with Crippen molar-refractivity contribution in [2.75, 3.05) is 0 Å². The third kappa shape index (κ3) is 5.11. The maximum Gasteiger partial charge on any atom is 0.220 e. The first-order chi connectivity index (χ1) is 12.9. The van der Waals surface area contributed by atoms with Gasteiger partial charge < -0.3 is 5.32 Å². The van der Waals surface area contributed by atoms with Crippen molar-refractivity contribution in [2.45, 2.75) is 26.3 Å². The van der Waals surface area contributed by atoms with E-state index >= 15 is 0 Å². The van der Waals surface area contributed by atoms with Gasteiger partial charge in [-0.15, -0.1) is 11.3 Å². The summed E-state index contributed by atoms with van der Waals surface area (Å²) in [6.07, 6.45) is 0.219. The van der Waals surface area contributed by atoms with Crippen molar-refractivity contribution in [3.05, 3.63) is 74.6 Å². The van der Waals surface area contributed by atoms with Gasteiger partial charge in [0.15, 0.2) is 0 Å². The van der Waals surface area contributed by atoms with Gasteiger partial charge in [0.1, 0.15) is 16.6 Å². The molecule has 27 heavy (non-hydrogen) atoms. The molecule has 0 bridgehead atoms. The Balaban J connectivity index is 1.57. The van der Waals surface area contributed by atoms with Crippen LogP contribution in [0.5, 0.6) is 0 Å². The van der Waals surface area contributed by atoms with E-state index in [1.165, 1.54) is 11.3 Å². The second-order valence-electron chi connectivity index (χ2n) is 6.03. The molecule has 3 aromatic rings. The maximum absolute atomic E-state index is 13.6. The van der Waals surface area contributed by atoms with Crippen LogP contribution in [-0.4, -0.2) is 10.9 Å². The average molecular weight is 407 g/mol. The van der Waals surface area contributed by atoms with Gasteiger partial charge in [-0.05, 0) is 49.2 Å². The number of aryl methyl sites for hydroxylation is 2.